The van der Waals surface area contributed by atoms with Crippen LogP contribution in [0.25, 0.3) is 0 Å². The van der Waals surface area contributed by atoms with Crippen molar-refractivity contribution >= 4 is 5.91 Å². The fourth-order valence-corrected chi connectivity index (χ4v) is 3.60. The minimum absolute atomic E-state index is 0.0882. The number of oxazole rings is 1. The summed E-state index contributed by atoms with van der Waals surface area (Å²) < 4.78 is 11.5. The van der Waals surface area contributed by atoms with Gasteiger partial charge < -0.3 is 14.1 Å². The molecule has 0 bridgehead atoms. The molecule has 4 rings (SSSR count). The van der Waals surface area contributed by atoms with Crippen LogP contribution in [0.15, 0.2) is 53.6 Å². The van der Waals surface area contributed by atoms with E-state index in [4.69, 9.17) is 9.15 Å². The Morgan fingerprint density at radius 1 is 1.21 bits per heavy atom. The molecule has 28 heavy (non-hydrogen) atoms. The number of likely N-dealkylation sites (tertiary alicyclic amines) is 1. The lowest BCUT2D eigenvalue weighted by atomic mass is 10.0. The number of amides is 1. The van der Waals surface area contributed by atoms with Gasteiger partial charge in [-0.2, -0.15) is 0 Å². The summed E-state index contributed by atoms with van der Waals surface area (Å²) in [6.07, 6.45) is 9.66. The second-order valence-corrected chi connectivity index (χ2v) is 6.79. The predicted molar refractivity (Wildman–Crippen MR) is 102 cm³/mol. The van der Waals surface area contributed by atoms with Crippen molar-refractivity contribution in [2.45, 2.75) is 31.7 Å². The fourth-order valence-electron chi connectivity index (χ4n) is 3.60. The van der Waals surface area contributed by atoms with Gasteiger partial charge in [0.25, 0.3) is 5.91 Å². The Balaban J connectivity index is 1.55. The molecule has 7 nitrogen and oxygen atoms in total. The number of hydrogen-bond donors (Lipinski definition) is 0. The quantitative estimate of drug-likeness (QED) is 0.677. The topological polar surface area (TPSA) is 81.4 Å². The normalized spacial score (nSPS) is 16.8. The molecule has 1 aromatic carbocycles. The Morgan fingerprint density at radius 2 is 2.04 bits per heavy atom. The van der Waals surface area contributed by atoms with E-state index in [-0.39, 0.29) is 11.9 Å². The van der Waals surface area contributed by atoms with Gasteiger partial charge in [-0.3, -0.25) is 4.79 Å². The third-order valence-electron chi connectivity index (χ3n) is 4.98. The summed E-state index contributed by atoms with van der Waals surface area (Å²) in [7, 11) is 1.66. The fraction of sp³-hybridized carbons (Fsp3) is 0.333. The molecule has 1 atom stereocenters. The molecule has 0 spiro atoms. The maximum Gasteiger partial charge on any atom is 0.257 e. The first-order chi connectivity index (χ1) is 13.8. The monoisotopic (exact) mass is 378 g/mol. The highest BCUT2D eigenvalue weighted by molar-refractivity contribution is 5.93. The molecule has 3 heterocycles. The van der Waals surface area contributed by atoms with Crippen LogP contribution in [0.5, 0.6) is 5.75 Å². The highest BCUT2D eigenvalue weighted by Gasteiger charge is 2.32. The number of rotatable bonds is 5. The summed E-state index contributed by atoms with van der Waals surface area (Å²) in [5.74, 6) is 2.06. The van der Waals surface area contributed by atoms with Gasteiger partial charge in [-0.05, 0) is 25.3 Å². The van der Waals surface area contributed by atoms with Gasteiger partial charge in [0.2, 0.25) is 5.89 Å². The summed E-state index contributed by atoms with van der Waals surface area (Å²) in [5.41, 5.74) is 1.51. The summed E-state index contributed by atoms with van der Waals surface area (Å²) >= 11 is 0. The van der Waals surface area contributed by atoms with Gasteiger partial charge in [0, 0.05) is 30.9 Å². The summed E-state index contributed by atoms with van der Waals surface area (Å²) in [6.45, 7) is 0.669. The number of para-hydroxylation sites is 1. The zero-order valence-corrected chi connectivity index (χ0v) is 15.7. The van der Waals surface area contributed by atoms with Gasteiger partial charge in [0.05, 0.1) is 18.9 Å². The Bertz CT molecular complexity index is 942. The van der Waals surface area contributed by atoms with E-state index >= 15 is 0 Å². The first kappa shape index (κ1) is 18.2. The first-order valence-electron chi connectivity index (χ1n) is 9.38. The zero-order chi connectivity index (χ0) is 19.3. The maximum atomic E-state index is 12.9. The molecule has 1 saturated heterocycles. The molecule has 1 amide bonds. The van der Waals surface area contributed by atoms with Crippen molar-refractivity contribution in [2.75, 3.05) is 13.7 Å². The molecule has 0 saturated carbocycles. The van der Waals surface area contributed by atoms with E-state index in [0.29, 0.717) is 24.4 Å². The van der Waals surface area contributed by atoms with E-state index in [1.54, 1.807) is 25.7 Å². The van der Waals surface area contributed by atoms with Crippen LogP contribution in [0.4, 0.5) is 0 Å². The van der Waals surface area contributed by atoms with Gasteiger partial charge >= 0.3 is 0 Å². The van der Waals surface area contributed by atoms with Crippen molar-refractivity contribution in [1.82, 2.24) is 19.9 Å². The number of hydrogen-bond acceptors (Lipinski definition) is 6. The van der Waals surface area contributed by atoms with E-state index in [1.165, 1.54) is 6.33 Å². The molecule has 1 aliphatic rings. The SMILES string of the molecule is COc1ccccc1Cc1cnc(C2CCCCN2C(=O)c2cncnc2)o1. The van der Waals surface area contributed by atoms with Crippen LogP contribution in [-0.4, -0.2) is 39.4 Å². The lowest BCUT2D eigenvalue weighted by molar-refractivity contribution is 0.0569. The number of benzene rings is 1. The highest BCUT2D eigenvalue weighted by atomic mass is 16.5. The van der Waals surface area contributed by atoms with Gasteiger partial charge in [-0.1, -0.05) is 18.2 Å². The highest BCUT2D eigenvalue weighted by Crippen LogP contribution is 2.32. The molecule has 7 heteroatoms. The van der Waals surface area contributed by atoms with E-state index in [9.17, 15) is 4.79 Å². The van der Waals surface area contributed by atoms with E-state index in [1.807, 2.05) is 29.2 Å². The number of methoxy groups -OCH3 is 1. The second kappa shape index (κ2) is 8.21. The van der Waals surface area contributed by atoms with Crippen LogP contribution in [0, 0.1) is 0 Å². The van der Waals surface area contributed by atoms with Crippen LogP contribution in [0.2, 0.25) is 0 Å². The number of carbonyl (C=O) groups is 1. The Kier molecular flexibility index (Phi) is 5.32. The molecule has 0 aliphatic carbocycles. The lowest BCUT2D eigenvalue weighted by Gasteiger charge is -2.33. The number of carbonyl (C=O) groups excluding carboxylic acids is 1. The molecule has 144 valence electrons. The van der Waals surface area contributed by atoms with Gasteiger partial charge in [0.1, 0.15) is 23.9 Å². The Morgan fingerprint density at radius 3 is 2.86 bits per heavy atom. The molecule has 3 aromatic rings. The lowest BCUT2D eigenvalue weighted by Crippen LogP contribution is -2.38. The molecule has 2 aromatic heterocycles. The van der Waals surface area contributed by atoms with E-state index < -0.39 is 0 Å². The van der Waals surface area contributed by atoms with Crippen LogP contribution in [-0.2, 0) is 6.42 Å². The standard InChI is InChI=1S/C21H22N4O3/c1-27-19-8-3-2-6-15(19)10-17-13-24-20(28-17)18-7-4-5-9-25(18)21(26)16-11-22-14-23-12-16/h2-3,6,8,11-14,18H,4-5,7,9-10H2,1H3. The van der Waals surface area contributed by atoms with Crippen molar-refractivity contribution < 1.29 is 13.9 Å². The predicted octanol–water partition coefficient (Wildman–Crippen LogP) is 3.43. The number of nitrogens with zero attached hydrogens (tertiary/aromatic N) is 4. The van der Waals surface area contributed by atoms with Gasteiger partial charge in [0.15, 0.2) is 0 Å². The minimum Gasteiger partial charge on any atom is -0.496 e. The third-order valence-corrected chi connectivity index (χ3v) is 4.98. The smallest absolute Gasteiger partial charge is 0.257 e. The molecule has 1 fully saturated rings. The average molecular weight is 378 g/mol. The number of ether oxygens (including phenoxy) is 1. The number of aromatic nitrogens is 3. The first-order valence-corrected chi connectivity index (χ1v) is 9.38. The molecule has 1 unspecified atom stereocenters. The van der Waals surface area contributed by atoms with Crippen molar-refractivity contribution in [3.8, 4) is 5.75 Å². The van der Waals surface area contributed by atoms with Crippen molar-refractivity contribution in [2.24, 2.45) is 0 Å². The van der Waals surface area contributed by atoms with Crippen LogP contribution in [0.1, 0.15) is 52.9 Å². The summed E-state index contributed by atoms with van der Waals surface area (Å²) in [4.78, 5) is 27.1. The van der Waals surface area contributed by atoms with Gasteiger partial charge in [-0.25, -0.2) is 15.0 Å². The Hall–Kier alpha value is -3.22. The minimum atomic E-state index is -0.173. The van der Waals surface area contributed by atoms with Crippen molar-refractivity contribution in [1.29, 1.82) is 0 Å². The third kappa shape index (κ3) is 3.74. The van der Waals surface area contributed by atoms with E-state index in [2.05, 4.69) is 15.0 Å². The van der Waals surface area contributed by atoms with Crippen molar-refractivity contribution in [3.05, 3.63) is 72.0 Å². The molecule has 1 aliphatic heterocycles. The molecule has 0 N–H and O–H groups in total. The molecule has 0 radical (unpaired) electrons. The summed E-state index contributed by atoms with van der Waals surface area (Å²) in [5, 5.41) is 0. The van der Waals surface area contributed by atoms with Crippen LogP contribution < -0.4 is 4.74 Å². The average Bonchev–Trinajstić information content (AvgIpc) is 3.22. The van der Waals surface area contributed by atoms with E-state index in [0.717, 1.165) is 36.3 Å². The number of piperidine rings is 1. The van der Waals surface area contributed by atoms with Gasteiger partial charge in [-0.15, -0.1) is 0 Å². The summed E-state index contributed by atoms with van der Waals surface area (Å²) in [6, 6.07) is 7.67. The maximum absolute atomic E-state index is 12.9. The molecular formula is C21H22N4O3. The van der Waals surface area contributed by atoms with Crippen LogP contribution >= 0.6 is 0 Å². The van der Waals surface area contributed by atoms with Crippen molar-refractivity contribution in [3.63, 3.8) is 0 Å². The van der Waals surface area contributed by atoms with Crippen LogP contribution in [0.3, 0.4) is 0 Å². The molecular weight excluding hydrogens is 356 g/mol. The zero-order valence-electron chi connectivity index (χ0n) is 15.7. The second-order valence-electron chi connectivity index (χ2n) is 6.79. The largest absolute Gasteiger partial charge is 0.496 e. The Labute approximate surface area is 163 Å².